The van der Waals surface area contributed by atoms with Gasteiger partial charge in [-0.2, -0.15) is 0 Å². The predicted octanol–water partition coefficient (Wildman–Crippen LogP) is 0.735. The van der Waals surface area contributed by atoms with Crippen LogP contribution in [0.2, 0.25) is 0 Å². The van der Waals surface area contributed by atoms with Crippen molar-refractivity contribution in [1.29, 1.82) is 0 Å². The van der Waals surface area contributed by atoms with Crippen LogP contribution in [0.3, 0.4) is 0 Å². The Hall–Kier alpha value is -2.32. The van der Waals surface area contributed by atoms with E-state index in [1.54, 1.807) is 18.2 Å². The fourth-order valence-corrected chi connectivity index (χ4v) is 3.13. The molecule has 0 saturated carbocycles. The van der Waals surface area contributed by atoms with Gasteiger partial charge in [-0.25, -0.2) is 0 Å². The first-order valence-corrected chi connectivity index (χ1v) is 8.84. The Bertz CT molecular complexity index is 658. The lowest BCUT2D eigenvalue weighted by atomic mass is 10.0. The number of ether oxygens (including phenoxy) is 2. The number of fused-ring (bicyclic) bond motifs is 1. The number of rotatable bonds is 6. The van der Waals surface area contributed by atoms with Crippen molar-refractivity contribution in [3.8, 4) is 11.5 Å². The minimum absolute atomic E-state index is 0.0594. The lowest BCUT2D eigenvalue weighted by molar-refractivity contribution is -0.144. The molecule has 8 nitrogen and oxygen atoms in total. The third-order valence-electron chi connectivity index (χ3n) is 4.68. The zero-order valence-electron chi connectivity index (χ0n) is 14.9. The SMILES string of the molecule is CN1CCN(C[C@H](CC(=O)Nc2ccc3c(c2)OCCO3)C(=O)O)CC1. The molecule has 3 rings (SSSR count). The zero-order chi connectivity index (χ0) is 18.5. The maximum atomic E-state index is 12.3. The van der Waals surface area contributed by atoms with Gasteiger partial charge in [0.25, 0.3) is 0 Å². The summed E-state index contributed by atoms with van der Waals surface area (Å²) < 4.78 is 10.9. The van der Waals surface area contributed by atoms with Gasteiger partial charge in [-0.3, -0.25) is 14.5 Å². The second-order valence-electron chi connectivity index (χ2n) is 6.75. The summed E-state index contributed by atoms with van der Waals surface area (Å²) in [6, 6.07) is 5.16. The molecule has 1 aromatic carbocycles. The minimum Gasteiger partial charge on any atom is -0.486 e. The maximum Gasteiger partial charge on any atom is 0.308 e. The van der Waals surface area contributed by atoms with Gasteiger partial charge in [0.2, 0.25) is 5.91 Å². The van der Waals surface area contributed by atoms with Crippen LogP contribution in [0.4, 0.5) is 5.69 Å². The van der Waals surface area contributed by atoms with Crippen molar-refractivity contribution < 1.29 is 24.2 Å². The molecule has 1 amide bonds. The molecule has 2 heterocycles. The van der Waals surface area contributed by atoms with Gasteiger partial charge in [-0.05, 0) is 19.2 Å². The molecular formula is C18H25N3O5. The third-order valence-corrected chi connectivity index (χ3v) is 4.68. The molecular weight excluding hydrogens is 338 g/mol. The quantitative estimate of drug-likeness (QED) is 0.770. The Morgan fingerprint density at radius 1 is 1.15 bits per heavy atom. The first-order valence-electron chi connectivity index (χ1n) is 8.84. The summed E-state index contributed by atoms with van der Waals surface area (Å²) in [6.45, 7) is 4.83. The number of hydrogen-bond acceptors (Lipinski definition) is 6. The van der Waals surface area contributed by atoms with Gasteiger partial charge in [-0.15, -0.1) is 0 Å². The van der Waals surface area contributed by atoms with Gasteiger partial charge in [0, 0.05) is 50.9 Å². The molecule has 1 atom stereocenters. The molecule has 2 aliphatic rings. The highest BCUT2D eigenvalue weighted by atomic mass is 16.6. The van der Waals surface area contributed by atoms with Crippen molar-refractivity contribution >= 4 is 17.6 Å². The Morgan fingerprint density at radius 2 is 1.85 bits per heavy atom. The number of amides is 1. The standard InChI is InChI=1S/C18H25N3O5/c1-20-4-6-21(7-5-20)12-13(18(23)24)10-17(22)19-14-2-3-15-16(11-14)26-9-8-25-15/h2-3,11,13H,4-10,12H2,1H3,(H,19,22)(H,23,24)/t13-/m0/s1. The molecule has 0 radical (unpaired) electrons. The average molecular weight is 363 g/mol. The highest BCUT2D eigenvalue weighted by Crippen LogP contribution is 2.32. The fraction of sp³-hybridized carbons (Fsp3) is 0.556. The largest absolute Gasteiger partial charge is 0.486 e. The van der Waals surface area contributed by atoms with Crippen LogP contribution < -0.4 is 14.8 Å². The zero-order valence-corrected chi connectivity index (χ0v) is 14.9. The number of piperazine rings is 1. The van der Waals surface area contributed by atoms with Crippen LogP contribution >= 0.6 is 0 Å². The van der Waals surface area contributed by atoms with E-state index in [4.69, 9.17) is 9.47 Å². The van der Waals surface area contributed by atoms with Crippen LogP contribution in [0.5, 0.6) is 11.5 Å². The van der Waals surface area contributed by atoms with Gasteiger partial charge in [0.1, 0.15) is 13.2 Å². The van der Waals surface area contributed by atoms with Crippen LogP contribution in [0.15, 0.2) is 18.2 Å². The first kappa shape index (κ1) is 18.5. The summed E-state index contributed by atoms with van der Waals surface area (Å²) in [5, 5.41) is 12.2. The van der Waals surface area contributed by atoms with Gasteiger partial charge >= 0.3 is 5.97 Å². The molecule has 26 heavy (non-hydrogen) atoms. The fourth-order valence-electron chi connectivity index (χ4n) is 3.13. The Labute approximate surface area is 152 Å². The number of hydrogen-bond donors (Lipinski definition) is 2. The molecule has 0 spiro atoms. The number of anilines is 1. The number of carbonyl (C=O) groups excluding carboxylic acids is 1. The van der Waals surface area contributed by atoms with Crippen molar-refractivity contribution in [3.05, 3.63) is 18.2 Å². The molecule has 1 saturated heterocycles. The van der Waals surface area contributed by atoms with Crippen molar-refractivity contribution in [2.24, 2.45) is 5.92 Å². The third kappa shape index (κ3) is 4.86. The van der Waals surface area contributed by atoms with Crippen molar-refractivity contribution in [2.45, 2.75) is 6.42 Å². The van der Waals surface area contributed by atoms with Gasteiger partial charge in [0.15, 0.2) is 11.5 Å². The van der Waals surface area contributed by atoms with E-state index in [1.165, 1.54) is 0 Å². The number of likely N-dealkylation sites (N-methyl/N-ethyl adjacent to an activating group) is 1. The molecule has 0 aromatic heterocycles. The van der Waals surface area contributed by atoms with Crippen LogP contribution in [0.1, 0.15) is 6.42 Å². The van der Waals surface area contributed by atoms with Crippen LogP contribution in [0.25, 0.3) is 0 Å². The molecule has 0 bridgehead atoms. The average Bonchev–Trinajstić information content (AvgIpc) is 2.62. The van der Waals surface area contributed by atoms with E-state index in [0.717, 1.165) is 26.2 Å². The van der Waals surface area contributed by atoms with E-state index in [9.17, 15) is 14.7 Å². The van der Waals surface area contributed by atoms with E-state index in [0.29, 0.717) is 36.9 Å². The molecule has 2 aliphatic heterocycles. The van der Waals surface area contributed by atoms with E-state index in [-0.39, 0.29) is 12.3 Å². The van der Waals surface area contributed by atoms with Crippen LogP contribution in [-0.2, 0) is 9.59 Å². The number of nitrogens with zero attached hydrogens (tertiary/aromatic N) is 2. The van der Waals surface area contributed by atoms with Gasteiger partial charge < -0.3 is 24.8 Å². The van der Waals surface area contributed by atoms with Crippen molar-refractivity contribution in [2.75, 3.05) is 58.3 Å². The van der Waals surface area contributed by atoms with Gasteiger partial charge in [0.05, 0.1) is 5.92 Å². The molecule has 0 unspecified atom stereocenters. The maximum absolute atomic E-state index is 12.3. The molecule has 0 aliphatic carbocycles. The number of aliphatic carboxylic acids is 1. The summed E-state index contributed by atoms with van der Waals surface area (Å²) in [7, 11) is 2.05. The number of carbonyl (C=O) groups is 2. The molecule has 1 fully saturated rings. The lowest BCUT2D eigenvalue weighted by Gasteiger charge is -2.33. The minimum atomic E-state index is -0.943. The molecule has 142 valence electrons. The second kappa shape index (κ2) is 8.37. The second-order valence-corrected chi connectivity index (χ2v) is 6.75. The number of nitrogens with one attached hydrogen (secondary N) is 1. The number of benzene rings is 1. The van der Waals surface area contributed by atoms with Crippen LogP contribution in [0, 0.1) is 5.92 Å². The Balaban J connectivity index is 1.55. The summed E-state index contributed by atoms with van der Waals surface area (Å²) in [5.74, 6) is -0.755. The highest BCUT2D eigenvalue weighted by Gasteiger charge is 2.26. The molecule has 2 N–H and O–H groups in total. The van der Waals surface area contributed by atoms with Gasteiger partial charge in [-0.1, -0.05) is 0 Å². The highest BCUT2D eigenvalue weighted by molar-refractivity contribution is 5.93. The first-order chi connectivity index (χ1) is 12.5. The lowest BCUT2D eigenvalue weighted by Crippen LogP contribution is -2.47. The summed E-state index contributed by atoms with van der Waals surface area (Å²) in [4.78, 5) is 28.2. The number of carboxylic acid groups (broad SMARTS) is 1. The Kier molecular flexibility index (Phi) is 5.95. The van der Waals surface area contributed by atoms with Crippen LogP contribution in [-0.4, -0.2) is 79.8 Å². The normalized spacial score (nSPS) is 19.0. The van der Waals surface area contributed by atoms with Crippen molar-refractivity contribution in [3.63, 3.8) is 0 Å². The van der Waals surface area contributed by atoms with Crippen molar-refractivity contribution in [1.82, 2.24) is 9.80 Å². The van der Waals surface area contributed by atoms with E-state index in [2.05, 4.69) is 15.1 Å². The smallest absolute Gasteiger partial charge is 0.308 e. The van der Waals surface area contributed by atoms with E-state index >= 15 is 0 Å². The summed E-state index contributed by atoms with van der Waals surface area (Å²) in [6.07, 6.45) is -0.0594. The monoisotopic (exact) mass is 363 g/mol. The van der Waals surface area contributed by atoms with E-state index < -0.39 is 11.9 Å². The topological polar surface area (TPSA) is 91.3 Å². The number of carboxylic acids is 1. The molecule has 8 heteroatoms. The Morgan fingerprint density at radius 3 is 2.54 bits per heavy atom. The predicted molar refractivity (Wildman–Crippen MR) is 95.7 cm³/mol. The van der Waals surface area contributed by atoms with E-state index in [1.807, 2.05) is 7.05 Å². The summed E-state index contributed by atoms with van der Waals surface area (Å²) in [5.41, 5.74) is 0.572. The molecule has 1 aromatic rings. The summed E-state index contributed by atoms with van der Waals surface area (Å²) >= 11 is 0.